The Morgan fingerprint density at radius 1 is 1.21 bits per heavy atom. The first-order valence-corrected chi connectivity index (χ1v) is 9.87. The number of hydrogen-bond acceptors (Lipinski definition) is 2. The van der Waals surface area contributed by atoms with Gasteiger partial charge in [-0.05, 0) is 36.2 Å². The van der Waals surface area contributed by atoms with E-state index >= 15 is 0 Å². The molecule has 0 aromatic heterocycles. The summed E-state index contributed by atoms with van der Waals surface area (Å²) in [7, 11) is -1.67. The quantitative estimate of drug-likeness (QED) is 0.403. The molecule has 110 valence electrons. The van der Waals surface area contributed by atoms with Gasteiger partial charge in [-0.15, -0.1) is 0 Å². The number of hydrogen-bond donors (Lipinski definition) is 0. The van der Waals surface area contributed by atoms with E-state index in [4.69, 9.17) is 9.16 Å². The molecule has 0 radical (unpaired) electrons. The van der Waals surface area contributed by atoms with Gasteiger partial charge < -0.3 is 9.16 Å². The molecule has 0 aromatic carbocycles. The Morgan fingerprint density at radius 3 is 2.47 bits per heavy atom. The van der Waals surface area contributed by atoms with Crippen LogP contribution in [0, 0.1) is 0 Å². The van der Waals surface area contributed by atoms with Gasteiger partial charge in [0.15, 0.2) is 8.32 Å². The molecule has 0 aromatic rings. The fourth-order valence-corrected chi connectivity index (χ4v) is 2.63. The highest BCUT2D eigenvalue weighted by atomic mass is 28.4. The topological polar surface area (TPSA) is 18.5 Å². The lowest BCUT2D eigenvalue weighted by molar-refractivity contribution is 0.109. The summed E-state index contributed by atoms with van der Waals surface area (Å²) in [6.45, 7) is 12.9. The van der Waals surface area contributed by atoms with Gasteiger partial charge in [0, 0.05) is 6.42 Å². The minimum Gasteiger partial charge on any atom is -0.414 e. The van der Waals surface area contributed by atoms with E-state index in [9.17, 15) is 4.39 Å². The van der Waals surface area contributed by atoms with E-state index in [1.807, 2.05) is 6.08 Å². The monoisotopic (exact) mass is 286 g/mol. The van der Waals surface area contributed by atoms with Crippen LogP contribution in [0.2, 0.25) is 18.1 Å². The second-order valence-corrected chi connectivity index (χ2v) is 11.4. The summed E-state index contributed by atoms with van der Waals surface area (Å²) in [4.78, 5) is 0. The third-order valence-corrected chi connectivity index (χ3v) is 8.46. The van der Waals surface area contributed by atoms with Crippen LogP contribution < -0.4 is 0 Å². The van der Waals surface area contributed by atoms with Gasteiger partial charge in [-0.2, -0.15) is 0 Å². The SMILES string of the molecule is CC(C)(C)[Si](C)(C)OCCOCC1=CCC=C(F)C1. The largest absolute Gasteiger partial charge is 0.414 e. The summed E-state index contributed by atoms with van der Waals surface area (Å²) in [5.41, 5.74) is 1.03. The van der Waals surface area contributed by atoms with Crippen molar-refractivity contribution >= 4 is 8.32 Å². The molecule has 0 amide bonds. The van der Waals surface area contributed by atoms with Crippen LogP contribution in [0.4, 0.5) is 4.39 Å². The minimum atomic E-state index is -1.67. The van der Waals surface area contributed by atoms with E-state index in [0.29, 0.717) is 32.7 Å². The van der Waals surface area contributed by atoms with Crippen molar-refractivity contribution in [2.24, 2.45) is 0 Å². The number of allylic oxidation sites excluding steroid dienone is 3. The molecule has 1 rings (SSSR count). The summed E-state index contributed by atoms with van der Waals surface area (Å²) in [5, 5.41) is 0.229. The van der Waals surface area contributed by atoms with Gasteiger partial charge in [-0.1, -0.05) is 26.8 Å². The van der Waals surface area contributed by atoms with E-state index in [1.54, 1.807) is 6.08 Å². The Balaban J connectivity index is 2.17. The summed E-state index contributed by atoms with van der Waals surface area (Å²) < 4.78 is 24.6. The predicted molar refractivity (Wildman–Crippen MR) is 80.5 cm³/mol. The lowest BCUT2D eigenvalue weighted by Crippen LogP contribution is -2.41. The Morgan fingerprint density at radius 2 is 1.89 bits per heavy atom. The van der Waals surface area contributed by atoms with Crippen LogP contribution >= 0.6 is 0 Å². The lowest BCUT2D eigenvalue weighted by Gasteiger charge is -2.36. The van der Waals surface area contributed by atoms with Gasteiger partial charge in [0.2, 0.25) is 0 Å². The highest BCUT2D eigenvalue weighted by Gasteiger charge is 2.36. The third kappa shape index (κ3) is 5.59. The Labute approximate surface area is 117 Å². The molecule has 2 nitrogen and oxygen atoms in total. The fourth-order valence-electron chi connectivity index (χ4n) is 1.60. The smallest absolute Gasteiger partial charge is 0.192 e. The molecule has 0 saturated carbocycles. The minimum absolute atomic E-state index is 0.0429. The maximum atomic E-state index is 13.0. The van der Waals surface area contributed by atoms with Gasteiger partial charge in [0.25, 0.3) is 0 Å². The first kappa shape index (κ1) is 16.6. The van der Waals surface area contributed by atoms with Crippen molar-refractivity contribution in [2.45, 2.75) is 51.7 Å². The first-order valence-electron chi connectivity index (χ1n) is 6.96. The summed E-state index contributed by atoms with van der Waals surface area (Å²) in [6.07, 6.45) is 4.75. The van der Waals surface area contributed by atoms with Crippen molar-refractivity contribution in [2.75, 3.05) is 19.8 Å². The van der Waals surface area contributed by atoms with Crippen molar-refractivity contribution in [3.05, 3.63) is 23.6 Å². The number of halogens is 1. The summed E-state index contributed by atoms with van der Waals surface area (Å²) in [6, 6.07) is 0. The van der Waals surface area contributed by atoms with E-state index < -0.39 is 8.32 Å². The molecule has 0 atom stereocenters. The van der Waals surface area contributed by atoms with Gasteiger partial charge >= 0.3 is 0 Å². The Kier molecular flexibility index (Phi) is 5.96. The lowest BCUT2D eigenvalue weighted by atomic mass is 10.1. The standard InChI is InChI=1S/C15H27FO2Si/c1-15(2,3)19(4,5)18-10-9-17-12-13-7-6-8-14(16)11-13/h7-8H,6,9-12H2,1-5H3. The third-order valence-electron chi connectivity index (χ3n) is 3.93. The molecule has 0 unspecified atom stereocenters. The molecule has 0 bridgehead atoms. The molecule has 1 aliphatic carbocycles. The molecule has 0 saturated heterocycles. The molecule has 0 heterocycles. The highest BCUT2D eigenvalue weighted by Crippen LogP contribution is 2.36. The maximum absolute atomic E-state index is 13.0. The van der Waals surface area contributed by atoms with Crippen LogP contribution in [0.25, 0.3) is 0 Å². The maximum Gasteiger partial charge on any atom is 0.192 e. The zero-order chi connectivity index (χ0) is 14.5. The van der Waals surface area contributed by atoms with Crippen LogP contribution in [0.15, 0.2) is 23.6 Å². The second kappa shape index (κ2) is 6.82. The van der Waals surface area contributed by atoms with Crippen LogP contribution in [-0.2, 0) is 9.16 Å². The second-order valence-electron chi connectivity index (χ2n) is 6.59. The molecule has 0 aliphatic heterocycles. The van der Waals surface area contributed by atoms with Gasteiger partial charge in [-0.25, -0.2) is 4.39 Å². The number of rotatable bonds is 6. The van der Waals surface area contributed by atoms with Crippen LogP contribution in [0.5, 0.6) is 0 Å². The Hall–Kier alpha value is -0.453. The summed E-state index contributed by atoms with van der Waals surface area (Å²) in [5.74, 6) is -0.0429. The normalized spacial score (nSPS) is 17.2. The Bertz CT molecular complexity index is 354. The molecule has 1 aliphatic rings. The van der Waals surface area contributed by atoms with Crippen molar-refractivity contribution in [1.82, 2.24) is 0 Å². The summed E-state index contributed by atoms with van der Waals surface area (Å²) >= 11 is 0. The average molecular weight is 286 g/mol. The van der Waals surface area contributed by atoms with Crippen LogP contribution in [0.3, 0.4) is 0 Å². The van der Waals surface area contributed by atoms with Crippen molar-refractivity contribution in [1.29, 1.82) is 0 Å². The van der Waals surface area contributed by atoms with E-state index in [2.05, 4.69) is 33.9 Å². The zero-order valence-corrected chi connectivity index (χ0v) is 13.9. The first-order chi connectivity index (χ1) is 8.72. The average Bonchev–Trinajstić information content (AvgIpc) is 2.27. The molecule has 19 heavy (non-hydrogen) atoms. The molecule has 0 N–H and O–H groups in total. The molecular weight excluding hydrogens is 259 g/mol. The van der Waals surface area contributed by atoms with Crippen molar-refractivity contribution < 1.29 is 13.6 Å². The number of ether oxygens (including phenoxy) is 1. The van der Waals surface area contributed by atoms with Gasteiger partial charge in [0.05, 0.1) is 19.8 Å². The molecule has 4 heteroatoms. The van der Waals surface area contributed by atoms with Gasteiger partial charge in [0.1, 0.15) is 5.83 Å². The highest BCUT2D eigenvalue weighted by molar-refractivity contribution is 6.74. The van der Waals surface area contributed by atoms with E-state index in [-0.39, 0.29) is 10.9 Å². The van der Waals surface area contributed by atoms with Crippen LogP contribution in [0.1, 0.15) is 33.6 Å². The van der Waals surface area contributed by atoms with Crippen molar-refractivity contribution in [3.8, 4) is 0 Å². The molecular formula is C15H27FO2Si. The fraction of sp³-hybridized carbons (Fsp3) is 0.733. The van der Waals surface area contributed by atoms with Gasteiger partial charge in [-0.3, -0.25) is 0 Å². The van der Waals surface area contributed by atoms with Crippen molar-refractivity contribution in [3.63, 3.8) is 0 Å². The molecule has 0 fully saturated rings. The molecule has 0 spiro atoms. The zero-order valence-electron chi connectivity index (χ0n) is 12.9. The van der Waals surface area contributed by atoms with E-state index in [1.165, 1.54) is 0 Å². The predicted octanol–water partition coefficient (Wildman–Crippen LogP) is 4.60. The van der Waals surface area contributed by atoms with Crippen LogP contribution in [-0.4, -0.2) is 28.1 Å². The van der Waals surface area contributed by atoms with E-state index in [0.717, 1.165) is 5.57 Å².